The molecule has 1 amide bonds. The van der Waals surface area contributed by atoms with E-state index in [2.05, 4.69) is 5.32 Å². The molecule has 0 aliphatic carbocycles. The fraction of sp³-hybridized carbons (Fsp3) is 0.500. The van der Waals surface area contributed by atoms with Gasteiger partial charge in [0.15, 0.2) is 6.61 Å². The summed E-state index contributed by atoms with van der Waals surface area (Å²) in [5.74, 6) is 0.296. The molecule has 0 saturated carbocycles. The highest BCUT2D eigenvalue weighted by Crippen LogP contribution is 2.24. The van der Waals surface area contributed by atoms with Gasteiger partial charge in [-0.3, -0.25) is 4.79 Å². The number of aliphatic hydroxyl groups is 1. The molecule has 0 spiro atoms. The van der Waals surface area contributed by atoms with E-state index in [0.717, 1.165) is 12.0 Å². The van der Waals surface area contributed by atoms with Crippen molar-refractivity contribution >= 4 is 17.5 Å². The lowest BCUT2D eigenvalue weighted by molar-refractivity contribution is -0.123. The van der Waals surface area contributed by atoms with Crippen molar-refractivity contribution in [3.05, 3.63) is 28.8 Å². The zero-order valence-corrected chi connectivity index (χ0v) is 12.0. The molecule has 0 bridgehead atoms. The third-order valence-electron chi connectivity index (χ3n) is 2.78. The van der Waals surface area contributed by atoms with E-state index in [-0.39, 0.29) is 25.2 Å². The summed E-state index contributed by atoms with van der Waals surface area (Å²) in [6.45, 7) is 3.87. The Balaban J connectivity index is 2.47. The molecule has 1 unspecified atom stereocenters. The number of hydrogen-bond acceptors (Lipinski definition) is 3. The lowest BCUT2D eigenvalue weighted by Crippen LogP contribution is -2.38. The number of hydrogen-bond donors (Lipinski definition) is 2. The fourth-order valence-corrected chi connectivity index (χ4v) is 1.84. The molecule has 1 aromatic rings. The van der Waals surface area contributed by atoms with E-state index in [4.69, 9.17) is 21.4 Å². The van der Waals surface area contributed by atoms with E-state index in [9.17, 15) is 4.79 Å². The number of carbonyl (C=O) groups excluding carboxylic acids is 1. The van der Waals surface area contributed by atoms with Crippen LogP contribution >= 0.6 is 11.6 Å². The molecule has 0 saturated heterocycles. The first-order valence-electron chi connectivity index (χ1n) is 6.36. The quantitative estimate of drug-likeness (QED) is 0.808. The van der Waals surface area contributed by atoms with Crippen molar-refractivity contribution in [3.8, 4) is 5.75 Å². The van der Waals surface area contributed by atoms with Gasteiger partial charge in [-0.2, -0.15) is 0 Å². The largest absolute Gasteiger partial charge is 0.482 e. The Morgan fingerprint density at radius 1 is 1.53 bits per heavy atom. The van der Waals surface area contributed by atoms with E-state index in [1.807, 2.05) is 19.9 Å². The molecule has 106 valence electrons. The van der Waals surface area contributed by atoms with Gasteiger partial charge in [-0.25, -0.2) is 0 Å². The first-order chi connectivity index (χ1) is 9.06. The monoisotopic (exact) mass is 285 g/mol. The summed E-state index contributed by atoms with van der Waals surface area (Å²) in [5, 5.41) is 12.1. The highest BCUT2D eigenvalue weighted by molar-refractivity contribution is 6.32. The van der Waals surface area contributed by atoms with E-state index in [1.165, 1.54) is 0 Å². The summed E-state index contributed by atoms with van der Waals surface area (Å²) < 4.78 is 5.40. The van der Waals surface area contributed by atoms with Crippen molar-refractivity contribution in [1.29, 1.82) is 0 Å². The number of rotatable bonds is 7. The Labute approximate surface area is 118 Å². The Bertz CT molecular complexity index is 423. The normalized spacial score (nSPS) is 12.0. The summed E-state index contributed by atoms with van der Waals surface area (Å²) in [7, 11) is 0. The topological polar surface area (TPSA) is 58.6 Å². The SMILES string of the molecule is CCC(CCO)NC(=O)COc1cc(C)ccc1Cl. The minimum Gasteiger partial charge on any atom is -0.482 e. The second-order valence-corrected chi connectivity index (χ2v) is 4.81. The van der Waals surface area contributed by atoms with Crippen LogP contribution in [0.3, 0.4) is 0 Å². The third kappa shape index (κ3) is 5.49. The van der Waals surface area contributed by atoms with Gasteiger partial charge >= 0.3 is 0 Å². The first-order valence-corrected chi connectivity index (χ1v) is 6.73. The van der Waals surface area contributed by atoms with Crippen LogP contribution in [0.4, 0.5) is 0 Å². The smallest absolute Gasteiger partial charge is 0.258 e. The predicted molar refractivity (Wildman–Crippen MR) is 75.6 cm³/mol. The molecular weight excluding hydrogens is 266 g/mol. The average Bonchev–Trinajstić information content (AvgIpc) is 2.39. The number of aryl methyl sites for hydroxylation is 1. The van der Waals surface area contributed by atoms with Crippen molar-refractivity contribution in [2.45, 2.75) is 32.7 Å². The summed E-state index contributed by atoms with van der Waals surface area (Å²) >= 11 is 5.97. The Hall–Kier alpha value is -1.26. The van der Waals surface area contributed by atoms with Crippen LogP contribution in [0.1, 0.15) is 25.3 Å². The predicted octanol–water partition coefficient (Wildman–Crippen LogP) is 2.30. The Kier molecular flexibility index (Phi) is 6.67. The summed E-state index contributed by atoms with van der Waals surface area (Å²) in [6, 6.07) is 5.39. The molecular formula is C14H20ClNO3. The van der Waals surface area contributed by atoms with Crippen molar-refractivity contribution in [3.63, 3.8) is 0 Å². The lowest BCUT2D eigenvalue weighted by atomic mass is 10.1. The minimum absolute atomic E-state index is 0.0194. The molecule has 0 aromatic heterocycles. The number of ether oxygens (including phenoxy) is 1. The van der Waals surface area contributed by atoms with Crippen molar-refractivity contribution in [2.24, 2.45) is 0 Å². The van der Waals surface area contributed by atoms with Crippen LogP contribution in [-0.4, -0.2) is 30.3 Å². The van der Waals surface area contributed by atoms with Gasteiger partial charge in [-0.05, 0) is 37.5 Å². The van der Waals surface area contributed by atoms with Crippen molar-refractivity contribution in [1.82, 2.24) is 5.32 Å². The molecule has 0 radical (unpaired) electrons. The van der Waals surface area contributed by atoms with Crippen LogP contribution in [0.25, 0.3) is 0 Å². The number of nitrogens with one attached hydrogen (secondary N) is 1. The van der Waals surface area contributed by atoms with Crippen LogP contribution in [0.5, 0.6) is 5.75 Å². The minimum atomic E-state index is -0.210. The van der Waals surface area contributed by atoms with Crippen LogP contribution in [0.2, 0.25) is 5.02 Å². The van der Waals surface area contributed by atoms with Gasteiger partial charge < -0.3 is 15.2 Å². The molecule has 1 aromatic carbocycles. The molecule has 1 atom stereocenters. The second-order valence-electron chi connectivity index (χ2n) is 4.41. The van der Waals surface area contributed by atoms with E-state index in [1.54, 1.807) is 12.1 Å². The van der Waals surface area contributed by atoms with Crippen molar-refractivity contribution in [2.75, 3.05) is 13.2 Å². The standard InChI is InChI=1S/C14H20ClNO3/c1-3-11(6-7-17)16-14(18)9-19-13-8-10(2)4-5-12(13)15/h4-5,8,11,17H,3,6-7,9H2,1-2H3,(H,16,18). The molecule has 0 fully saturated rings. The maximum atomic E-state index is 11.7. The third-order valence-corrected chi connectivity index (χ3v) is 3.09. The molecule has 19 heavy (non-hydrogen) atoms. The molecule has 5 heteroatoms. The number of halogens is 1. The van der Waals surface area contributed by atoms with Gasteiger partial charge in [0.05, 0.1) is 5.02 Å². The van der Waals surface area contributed by atoms with Gasteiger partial charge in [0.2, 0.25) is 0 Å². The van der Waals surface area contributed by atoms with Gasteiger partial charge in [0.1, 0.15) is 5.75 Å². The fourth-order valence-electron chi connectivity index (χ4n) is 1.67. The van der Waals surface area contributed by atoms with Crippen molar-refractivity contribution < 1.29 is 14.6 Å². The molecule has 4 nitrogen and oxygen atoms in total. The van der Waals surface area contributed by atoms with Gasteiger partial charge in [-0.1, -0.05) is 24.6 Å². The average molecular weight is 286 g/mol. The summed E-state index contributed by atoms with van der Waals surface area (Å²) in [6.07, 6.45) is 1.32. The summed E-state index contributed by atoms with van der Waals surface area (Å²) in [4.78, 5) is 11.7. The van der Waals surface area contributed by atoms with Crippen LogP contribution in [0, 0.1) is 6.92 Å². The Morgan fingerprint density at radius 2 is 2.26 bits per heavy atom. The maximum absolute atomic E-state index is 11.7. The number of amides is 1. The number of aliphatic hydroxyl groups excluding tert-OH is 1. The zero-order valence-electron chi connectivity index (χ0n) is 11.3. The highest BCUT2D eigenvalue weighted by Gasteiger charge is 2.11. The first kappa shape index (κ1) is 15.8. The van der Waals surface area contributed by atoms with Crippen LogP contribution in [0.15, 0.2) is 18.2 Å². The van der Waals surface area contributed by atoms with Gasteiger partial charge in [-0.15, -0.1) is 0 Å². The Morgan fingerprint density at radius 3 is 2.89 bits per heavy atom. The molecule has 2 N–H and O–H groups in total. The maximum Gasteiger partial charge on any atom is 0.258 e. The molecule has 0 heterocycles. The van der Waals surface area contributed by atoms with E-state index >= 15 is 0 Å². The van der Waals surface area contributed by atoms with Gasteiger partial charge in [0, 0.05) is 12.6 Å². The molecule has 0 aliphatic rings. The van der Waals surface area contributed by atoms with Crippen LogP contribution < -0.4 is 10.1 Å². The summed E-state index contributed by atoms with van der Waals surface area (Å²) in [5.41, 5.74) is 1.02. The zero-order chi connectivity index (χ0) is 14.3. The van der Waals surface area contributed by atoms with Gasteiger partial charge in [0.25, 0.3) is 5.91 Å². The second kappa shape index (κ2) is 8.02. The van der Waals surface area contributed by atoms with Crippen LogP contribution in [-0.2, 0) is 4.79 Å². The number of carbonyl (C=O) groups is 1. The van der Waals surface area contributed by atoms with E-state index in [0.29, 0.717) is 17.2 Å². The molecule has 1 rings (SSSR count). The number of benzene rings is 1. The highest BCUT2D eigenvalue weighted by atomic mass is 35.5. The van der Waals surface area contributed by atoms with E-state index < -0.39 is 0 Å². The molecule has 0 aliphatic heterocycles. The lowest BCUT2D eigenvalue weighted by Gasteiger charge is -2.16.